The Bertz CT molecular complexity index is 414. The highest BCUT2D eigenvalue weighted by Crippen LogP contribution is 2.41. The molecule has 3 rings (SSSR count). The summed E-state index contributed by atoms with van der Waals surface area (Å²) in [4.78, 5) is 6.88. The Hall–Kier alpha value is -1.15. The zero-order valence-corrected chi connectivity index (χ0v) is 9.91. The minimum Gasteiger partial charge on any atom is -0.343 e. The number of aromatic nitrogens is 2. The van der Waals surface area contributed by atoms with E-state index < -0.39 is 0 Å². The van der Waals surface area contributed by atoms with Gasteiger partial charge in [0.15, 0.2) is 0 Å². The van der Waals surface area contributed by atoms with Crippen molar-refractivity contribution in [3.8, 4) is 6.07 Å². The molecule has 0 saturated heterocycles. The highest BCUT2D eigenvalue weighted by molar-refractivity contribution is 7.09. The lowest BCUT2D eigenvalue weighted by Crippen LogP contribution is -2.26. The summed E-state index contributed by atoms with van der Waals surface area (Å²) in [6, 6.07) is 2.83. The Kier molecular flexibility index (Phi) is 2.52. The van der Waals surface area contributed by atoms with Gasteiger partial charge in [-0.25, -0.2) is 4.98 Å². The van der Waals surface area contributed by atoms with Crippen molar-refractivity contribution >= 4 is 16.7 Å². The van der Waals surface area contributed by atoms with E-state index in [1.807, 2.05) is 0 Å². The van der Waals surface area contributed by atoms with Crippen LogP contribution in [0.2, 0.25) is 0 Å². The molecule has 0 spiro atoms. The van der Waals surface area contributed by atoms with Crippen LogP contribution in [0, 0.1) is 11.3 Å². The van der Waals surface area contributed by atoms with Gasteiger partial charge in [0.2, 0.25) is 5.13 Å². The highest BCUT2D eigenvalue weighted by atomic mass is 32.1. The van der Waals surface area contributed by atoms with E-state index in [1.165, 1.54) is 37.2 Å². The maximum absolute atomic E-state index is 8.66. The topological polar surface area (TPSA) is 52.8 Å². The SMILES string of the molecule is N#CCCN(c1nc(C2CC2)ns1)C1CC1. The third-order valence-corrected chi connectivity index (χ3v) is 3.84. The van der Waals surface area contributed by atoms with Crippen molar-refractivity contribution < 1.29 is 0 Å². The lowest BCUT2D eigenvalue weighted by atomic mass is 10.4. The van der Waals surface area contributed by atoms with Crippen LogP contribution < -0.4 is 4.90 Å². The number of nitriles is 1. The van der Waals surface area contributed by atoms with Gasteiger partial charge in [-0.15, -0.1) is 0 Å². The average Bonchev–Trinajstić information content (AvgIpc) is 3.19. The van der Waals surface area contributed by atoms with Crippen LogP contribution in [0.3, 0.4) is 0 Å². The van der Waals surface area contributed by atoms with Gasteiger partial charge in [0, 0.05) is 30.0 Å². The summed E-state index contributed by atoms with van der Waals surface area (Å²) < 4.78 is 4.42. The lowest BCUT2D eigenvalue weighted by Gasteiger charge is -2.18. The maximum Gasteiger partial charge on any atom is 0.205 e. The first-order chi connectivity index (χ1) is 7.88. The Labute approximate surface area is 99.1 Å². The minimum atomic E-state index is 0.578. The summed E-state index contributed by atoms with van der Waals surface area (Å²) in [6.07, 6.45) is 5.55. The molecule has 0 radical (unpaired) electrons. The molecule has 2 saturated carbocycles. The zero-order chi connectivity index (χ0) is 11.0. The second-order valence-corrected chi connectivity index (χ2v) is 5.27. The van der Waals surface area contributed by atoms with Crippen LogP contribution in [0.15, 0.2) is 0 Å². The second-order valence-electron chi connectivity index (χ2n) is 4.54. The van der Waals surface area contributed by atoms with Gasteiger partial charge < -0.3 is 4.90 Å². The fourth-order valence-corrected chi connectivity index (χ4v) is 2.69. The molecular weight excluding hydrogens is 220 g/mol. The van der Waals surface area contributed by atoms with Crippen LogP contribution in [0.5, 0.6) is 0 Å². The molecule has 0 amide bonds. The zero-order valence-electron chi connectivity index (χ0n) is 9.09. The van der Waals surface area contributed by atoms with E-state index in [9.17, 15) is 0 Å². The van der Waals surface area contributed by atoms with Crippen LogP contribution >= 0.6 is 11.5 Å². The normalized spacial score (nSPS) is 19.4. The van der Waals surface area contributed by atoms with Crippen LogP contribution in [0.25, 0.3) is 0 Å². The molecule has 0 N–H and O–H groups in total. The Morgan fingerprint density at radius 2 is 2.19 bits per heavy atom. The fourth-order valence-electron chi connectivity index (χ4n) is 1.84. The molecule has 0 aliphatic heterocycles. The molecule has 0 aromatic carbocycles. The van der Waals surface area contributed by atoms with Crippen molar-refractivity contribution in [3.63, 3.8) is 0 Å². The Balaban J connectivity index is 1.73. The average molecular weight is 234 g/mol. The predicted octanol–water partition coefficient (Wildman–Crippen LogP) is 2.30. The van der Waals surface area contributed by atoms with Crippen molar-refractivity contribution in [2.45, 2.75) is 44.1 Å². The molecule has 2 fully saturated rings. The van der Waals surface area contributed by atoms with Crippen molar-refractivity contribution in [2.75, 3.05) is 11.4 Å². The molecule has 0 atom stereocenters. The third-order valence-electron chi connectivity index (χ3n) is 3.07. The van der Waals surface area contributed by atoms with Gasteiger partial charge in [-0.05, 0) is 25.7 Å². The van der Waals surface area contributed by atoms with Gasteiger partial charge in [-0.3, -0.25) is 0 Å². The summed E-state index contributed by atoms with van der Waals surface area (Å²) >= 11 is 1.50. The monoisotopic (exact) mass is 234 g/mol. The Morgan fingerprint density at radius 1 is 1.38 bits per heavy atom. The summed E-state index contributed by atoms with van der Waals surface area (Å²) in [6.45, 7) is 0.806. The lowest BCUT2D eigenvalue weighted by molar-refractivity contribution is 0.784. The van der Waals surface area contributed by atoms with E-state index in [0.717, 1.165) is 17.5 Å². The quantitative estimate of drug-likeness (QED) is 0.784. The molecular formula is C11H14N4S. The molecule has 2 aliphatic carbocycles. The van der Waals surface area contributed by atoms with Crippen molar-refractivity contribution in [3.05, 3.63) is 5.82 Å². The highest BCUT2D eigenvalue weighted by Gasteiger charge is 2.33. The summed E-state index contributed by atoms with van der Waals surface area (Å²) in [5, 5.41) is 9.69. The van der Waals surface area contributed by atoms with E-state index in [-0.39, 0.29) is 0 Å². The standard InChI is InChI=1S/C11H14N4S/c12-6-1-7-15(9-4-5-9)11-13-10(14-16-11)8-2-3-8/h8-9H,1-5,7H2. The molecule has 0 bridgehead atoms. The van der Waals surface area contributed by atoms with Gasteiger partial charge in [-0.1, -0.05) is 0 Å². The van der Waals surface area contributed by atoms with E-state index in [1.54, 1.807) is 0 Å². The Morgan fingerprint density at radius 3 is 2.81 bits per heavy atom. The van der Waals surface area contributed by atoms with Gasteiger partial charge in [0.25, 0.3) is 0 Å². The summed E-state index contributed by atoms with van der Waals surface area (Å²) in [5.41, 5.74) is 0. The third kappa shape index (κ3) is 2.03. The van der Waals surface area contributed by atoms with Crippen LogP contribution in [-0.4, -0.2) is 21.9 Å². The molecule has 84 valence electrons. The first kappa shape index (κ1) is 10.0. The van der Waals surface area contributed by atoms with Gasteiger partial charge in [-0.2, -0.15) is 9.64 Å². The molecule has 5 heteroatoms. The molecule has 0 unspecified atom stereocenters. The molecule has 16 heavy (non-hydrogen) atoms. The summed E-state index contributed by atoms with van der Waals surface area (Å²) in [5.74, 6) is 1.66. The largest absolute Gasteiger partial charge is 0.343 e. The molecule has 1 aromatic heterocycles. The van der Waals surface area contributed by atoms with Crippen molar-refractivity contribution in [2.24, 2.45) is 0 Å². The van der Waals surface area contributed by atoms with E-state index in [4.69, 9.17) is 5.26 Å². The van der Waals surface area contributed by atoms with E-state index >= 15 is 0 Å². The first-order valence-electron chi connectivity index (χ1n) is 5.85. The number of nitrogens with zero attached hydrogens (tertiary/aromatic N) is 4. The van der Waals surface area contributed by atoms with Crippen molar-refractivity contribution in [1.29, 1.82) is 5.26 Å². The van der Waals surface area contributed by atoms with Gasteiger partial charge in [0.05, 0.1) is 12.5 Å². The van der Waals surface area contributed by atoms with Crippen LogP contribution in [0.4, 0.5) is 5.13 Å². The van der Waals surface area contributed by atoms with E-state index in [0.29, 0.717) is 18.4 Å². The number of hydrogen-bond donors (Lipinski definition) is 0. The maximum atomic E-state index is 8.66. The van der Waals surface area contributed by atoms with Gasteiger partial charge >= 0.3 is 0 Å². The fraction of sp³-hybridized carbons (Fsp3) is 0.727. The smallest absolute Gasteiger partial charge is 0.205 e. The number of anilines is 1. The predicted molar refractivity (Wildman–Crippen MR) is 62.5 cm³/mol. The number of rotatable bonds is 5. The molecule has 2 aliphatic rings. The molecule has 1 heterocycles. The van der Waals surface area contributed by atoms with E-state index in [2.05, 4.69) is 20.3 Å². The summed E-state index contributed by atoms with van der Waals surface area (Å²) in [7, 11) is 0. The van der Waals surface area contributed by atoms with Crippen LogP contribution in [0.1, 0.15) is 43.8 Å². The van der Waals surface area contributed by atoms with Crippen molar-refractivity contribution in [1.82, 2.24) is 9.36 Å². The molecule has 4 nitrogen and oxygen atoms in total. The minimum absolute atomic E-state index is 0.578. The second kappa shape index (κ2) is 4.02. The number of hydrogen-bond acceptors (Lipinski definition) is 5. The van der Waals surface area contributed by atoms with Gasteiger partial charge in [0.1, 0.15) is 5.82 Å². The molecule has 1 aromatic rings. The first-order valence-corrected chi connectivity index (χ1v) is 6.63. The van der Waals surface area contributed by atoms with Crippen LogP contribution in [-0.2, 0) is 0 Å².